The van der Waals surface area contributed by atoms with Crippen molar-refractivity contribution in [2.45, 2.75) is 4.90 Å². The number of nitrogens with one attached hydrogen (secondary N) is 1. The van der Waals surface area contributed by atoms with Gasteiger partial charge in [-0.25, -0.2) is 9.59 Å². The van der Waals surface area contributed by atoms with Crippen molar-refractivity contribution in [2.24, 2.45) is 0 Å². The van der Waals surface area contributed by atoms with E-state index in [1.807, 2.05) is 12.3 Å². The monoisotopic (exact) mass is 265 g/mol. The van der Waals surface area contributed by atoms with Crippen LogP contribution in [0.1, 0.15) is 5.56 Å². The molecule has 3 N–H and O–H groups in total. The zero-order valence-electron chi connectivity index (χ0n) is 9.24. The smallest absolute Gasteiger partial charge is 0.328 e. The molecule has 0 aromatic heterocycles. The molecule has 0 amide bonds. The predicted octanol–water partition coefficient (Wildman–Crippen LogP) is 1.98. The number of carbonyl (C=O) groups is 2. The summed E-state index contributed by atoms with van der Waals surface area (Å²) >= 11 is 1.65. The highest BCUT2D eigenvalue weighted by Gasteiger charge is 2.00. The number of hydrogen-bond acceptors (Lipinski definition) is 4. The van der Waals surface area contributed by atoms with E-state index in [1.165, 1.54) is 10.5 Å². The van der Waals surface area contributed by atoms with Crippen LogP contribution >= 0.6 is 11.9 Å². The van der Waals surface area contributed by atoms with Crippen molar-refractivity contribution < 1.29 is 19.8 Å². The van der Waals surface area contributed by atoms with Crippen LogP contribution in [0.15, 0.2) is 47.5 Å². The summed E-state index contributed by atoms with van der Waals surface area (Å²) in [6.45, 7) is 0. The largest absolute Gasteiger partial charge is 0.478 e. The SMILES string of the molecule is C1=Cc2ccccc2SN1.O=C(O)/C=C/C(=O)O. The van der Waals surface area contributed by atoms with Gasteiger partial charge < -0.3 is 14.9 Å². The van der Waals surface area contributed by atoms with Gasteiger partial charge in [-0.15, -0.1) is 0 Å². The molecule has 1 aromatic carbocycles. The van der Waals surface area contributed by atoms with E-state index in [-0.39, 0.29) is 0 Å². The fourth-order valence-corrected chi connectivity index (χ4v) is 1.74. The molecule has 1 heterocycles. The molecular formula is C12H11NO4S. The maximum absolute atomic E-state index is 9.55. The summed E-state index contributed by atoms with van der Waals surface area (Å²) in [6, 6.07) is 8.32. The van der Waals surface area contributed by atoms with Crippen molar-refractivity contribution >= 4 is 30.0 Å². The molecule has 1 aromatic rings. The molecule has 1 aliphatic heterocycles. The Morgan fingerprint density at radius 2 is 1.72 bits per heavy atom. The van der Waals surface area contributed by atoms with E-state index < -0.39 is 11.9 Å². The number of benzene rings is 1. The van der Waals surface area contributed by atoms with Crippen LogP contribution in [-0.4, -0.2) is 22.2 Å². The third-order valence-electron chi connectivity index (χ3n) is 1.79. The highest BCUT2D eigenvalue weighted by molar-refractivity contribution is 7.97. The van der Waals surface area contributed by atoms with Crippen LogP contribution in [0.25, 0.3) is 6.08 Å². The highest BCUT2D eigenvalue weighted by atomic mass is 32.2. The van der Waals surface area contributed by atoms with E-state index in [0.29, 0.717) is 12.2 Å². The lowest BCUT2D eigenvalue weighted by molar-refractivity contribution is -0.134. The first-order chi connectivity index (χ1) is 8.59. The molecule has 18 heavy (non-hydrogen) atoms. The molecule has 1 aliphatic rings. The number of fused-ring (bicyclic) bond motifs is 1. The summed E-state index contributed by atoms with van der Waals surface area (Å²) in [7, 11) is 0. The van der Waals surface area contributed by atoms with Gasteiger partial charge in [0.2, 0.25) is 0 Å². The van der Waals surface area contributed by atoms with Gasteiger partial charge in [0.25, 0.3) is 0 Å². The molecule has 2 rings (SSSR count). The van der Waals surface area contributed by atoms with Crippen LogP contribution < -0.4 is 4.72 Å². The zero-order chi connectivity index (χ0) is 13.4. The maximum atomic E-state index is 9.55. The molecule has 0 radical (unpaired) electrons. The number of carboxylic acids is 2. The standard InChI is InChI=1S/C8H7NS.C4H4O4/c1-2-4-8-7(3-1)5-6-9-10-8;5-3(6)1-2-4(7)8/h1-6,9H;1-2H,(H,5,6)(H,7,8)/b;2-1+. The van der Waals surface area contributed by atoms with E-state index in [1.54, 1.807) is 11.9 Å². The molecule has 0 atom stereocenters. The Balaban J connectivity index is 0.000000187. The molecular weight excluding hydrogens is 254 g/mol. The van der Waals surface area contributed by atoms with E-state index >= 15 is 0 Å². The van der Waals surface area contributed by atoms with Crippen LogP contribution in [0.2, 0.25) is 0 Å². The van der Waals surface area contributed by atoms with Gasteiger partial charge in [0.15, 0.2) is 0 Å². The third kappa shape index (κ3) is 5.22. The first kappa shape index (κ1) is 13.9. The first-order valence-corrected chi connectivity index (χ1v) is 5.73. The van der Waals surface area contributed by atoms with Crippen molar-refractivity contribution in [1.82, 2.24) is 4.72 Å². The van der Waals surface area contributed by atoms with Crippen LogP contribution in [0, 0.1) is 0 Å². The molecule has 0 fully saturated rings. The zero-order valence-corrected chi connectivity index (χ0v) is 10.1. The minimum Gasteiger partial charge on any atom is -0.478 e. The average Bonchev–Trinajstić information content (AvgIpc) is 2.37. The van der Waals surface area contributed by atoms with E-state index in [2.05, 4.69) is 29.0 Å². The normalized spacial score (nSPS) is 12.0. The van der Waals surface area contributed by atoms with Crippen molar-refractivity contribution in [3.8, 4) is 0 Å². The van der Waals surface area contributed by atoms with Crippen LogP contribution in [0.4, 0.5) is 0 Å². The summed E-state index contributed by atoms with van der Waals surface area (Å²) in [5.41, 5.74) is 1.30. The lowest BCUT2D eigenvalue weighted by atomic mass is 10.2. The average molecular weight is 265 g/mol. The number of rotatable bonds is 2. The van der Waals surface area contributed by atoms with E-state index in [4.69, 9.17) is 10.2 Å². The summed E-state index contributed by atoms with van der Waals surface area (Å²) in [6.07, 6.45) is 5.14. The molecule has 0 spiro atoms. The Morgan fingerprint density at radius 3 is 2.28 bits per heavy atom. The Kier molecular flexibility index (Phi) is 5.53. The predicted molar refractivity (Wildman–Crippen MR) is 68.9 cm³/mol. The van der Waals surface area contributed by atoms with Gasteiger partial charge >= 0.3 is 11.9 Å². The molecule has 0 saturated heterocycles. The second-order valence-electron chi connectivity index (χ2n) is 3.10. The van der Waals surface area contributed by atoms with Crippen LogP contribution in [-0.2, 0) is 9.59 Å². The van der Waals surface area contributed by atoms with E-state index in [0.717, 1.165) is 0 Å². The molecule has 0 aliphatic carbocycles. The van der Waals surface area contributed by atoms with Gasteiger partial charge in [0.1, 0.15) is 0 Å². The number of hydrogen-bond donors (Lipinski definition) is 3. The second kappa shape index (κ2) is 7.18. The fraction of sp³-hybridized carbons (Fsp3) is 0. The second-order valence-corrected chi connectivity index (χ2v) is 3.98. The summed E-state index contributed by atoms with van der Waals surface area (Å²) in [5, 5.41) is 15.6. The third-order valence-corrected chi connectivity index (χ3v) is 2.63. The Morgan fingerprint density at radius 1 is 1.11 bits per heavy atom. The van der Waals surface area contributed by atoms with Gasteiger partial charge in [0.05, 0.1) is 0 Å². The van der Waals surface area contributed by atoms with Crippen LogP contribution in [0.3, 0.4) is 0 Å². The summed E-state index contributed by atoms with van der Waals surface area (Å²) in [5.74, 6) is -2.51. The Hall–Kier alpha value is -2.21. The maximum Gasteiger partial charge on any atom is 0.328 e. The van der Waals surface area contributed by atoms with Gasteiger partial charge in [-0.3, -0.25) is 0 Å². The van der Waals surface area contributed by atoms with Crippen molar-refractivity contribution in [3.05, 3.63) is 48.2 Å². The lowest BCUT2D eigenvalue weighted by Crippen LogP contribution is -1.96. The number of carboxylic acid groups (broad SMARTS) is 2. The van der Waals surface area contributed by atoms with Crippen molar-refractivity contribution in [2.75, 3.05) is 0 Å². The van der Waals surface area contributed by atoms with E-state index in [9.17, 15) is 9.59 Å². The highest BCUT2D eigenvalue weighted by Crippen LogP contribution is 2.23. The summed E-state index contributed by atoms with van der Waals surface area (Å²) in [4.78, 5) is 20.4. The van der Waals surface area contributed by atoms with Crippen molar-refractivity contribution in [3.63, 3.8) is 0 Å². The van der Waals surface area contributed by atoms with Gasteiger partial charge in [-0.1, -0.05) is 18.2 Å². The van der Waals surface area contributed by atoms with Gasteiger partial charge in [0, 0.05) is 23.2 Å². The van der Waals surface area contributed by atoms with Gasteiger partial charge in [-0.2, -0.15) is 0 Å². The Bertz CT molecular complexity index is 481. The van der Waals surface area contributed by atoms with Crippen molar-refractivity contribution in [1.29, 1.82) is 0 Å². The molecule has 6 heteroatoms. The van der Waals surface area contributed by atoms with Crippen LogP contribution in [0.5, 0.6) is 0 Å². The fourth-order valence-electron chi connectivity index (χ4n) is 1.08. The molecule has 0 unspecified atom stereocenters. The molecule has 94 valence electrons. The molecule has 5 nitrogen and oxygen atoms in total. The quantitative estimate of drug-likeness (QED) is 0.560. The minimum absolute atomic E-state index is 0.558. The summed E-state index contributed by atoms with van der Waals surface area (Å²) < 4.78 is 3.08. The topological polar surface area (TPSA) is 86.6 Å². The Labute approximate surface area is 108 Å². The number of aliphatic carboxylic acids is 2. The van der Waals surface area contributed by atoms with Gasteiger partial charge in [-0.05, 0) is 29.7 Å². The lowest BCUT2D eigenvalue weighted by Gasteiger charge is -2.08. The molecule has 0 bridgehead atoms. The minimum atomic E-state index is -1.26. The molecule has 0 saturated carbocycles. The first-order valence-electron chi connectivity index (χ1n) is 4.91.